The summed E-state index contributed by atoms with van der Waals surface area (Å²) in [5.74, 6) is 0.452. The maximum atomic E-state index is 12.9. The van der Waals surface area contributed by atoms with Gasteiger partial charge in [-0.3, -0.25) is 0 Å². The van der Waals surface area contributed by atoms with Crippen LogP contribution in [0.15, 0.2) is 12.4 Å². The van der Waals surface area contributed by atoms with E-state index in [4.69, 9.17) is 4.74 Å². The summed E-state index contributed by atoms with van der Waals surface area (Å²) in [6.45, 7) is 3.89. The topological polar surface area (TPSA) is 84.4 Å². The second kappa shape index (κ2) is 6.05. The Labute approximate surface area is 128 Å². The third-order valence-corrected chi connectivity index (χ3v) is 5.64. The van der Waals surface area contributed by atoms with Gasteiger partial charge in [-0.05, 0) is 6.92 Å². The van der Waals surface area contributed by atoms with E-state index >= 15 is 0 Å². The number of sulfonamides is 1. The highest BCUT2D eigenvalue weighted by atomic mass is 32.2. The van der Waals surface area contributed by atoms with E-state index in [1.54, 1.807) is 6.92 Å². The van der Waals surface area contributed by atoms with Gasteiger partial charge in [0.2, 0.25) is 16.0 Å². The molecule has 0 amide bonds. The van der Waals surface area contributed by atoms with E-state index in [-0.39, 0.29) is 23.7 Å². The van der Waals surface area contributed by atoms with Gasteiger partial charge in [-0.1, -0.05) is 0 Å². The lowest BCUT2D eigenvalue weighted by atomic mass is 9.93. The zero-order valence-electron chi connectivity index (χ0n) is 12.3. The van der Waals surface area contributed by atoms with E-state index in [0.29, 0.717) is 32.2 Å². The van der Waals surface area contributed by atoms with Crippen LogP contribution in [0.25, 0.3) is 0 Å². The highest BCUT2D eigenvalue weighted by Gasteiger charge is 2.44. The Morgan fingerprint density at radius 1 is 1.41 bits per heavy atom. The van der Waals surface area contributed by atoms with Crippen LogP contribution in [0, 0.1) is 17.7 Å². The zero-order valence-corrected chi connectivity index (χ0v) is 13.1. The van der Waals surface area contributed by atoms with Crippen molar-refractivity contribution in [1.29, 1.82) is 0 Å². The summed E-state index contributed by atoms with van der Waals surface area (Å²) in [7, 11) is -3.19. The first-order valence-corrected chi connectivity index (χ1v) is 8.95. The normalized spacial score (nSPS) is 28.1. The van der Waals surface area contributed by atoms with Gasteiger partial charge in [0.25, 0.3) is 0 Å². The molecule has 0 spiro atoms. The maximum absolute atomic E-state index is 12.9. The standard InChI is InChI=1S/C13H19FN4O3S/c1-2-22(19,20)17-3-9-8-21-12-7-18(6-11(9)12)13-15-4-10(14)5-16-13/h4-5,9,11-12,17H,2-3,6-8H2,1H3/t9-,11+,12+/m0/s1. The molecule has 0 radical (unpaired) electrons. The number of nitrogens with one attached hydrogen (secondary N) is 1. The minimum Gasteiger partial charge on any atom is -0.376 e. The van der Waals surface area contributed by atoms with Crippen LogP contribution >= 0.6 is 0 Å². The minimum absolute atomic E-state index is 0.0461. The van der Waals surface area contributed by atoms with Crippen LogP contribution in [-0.4, -0.2) is 56.5 Å². The minimum atomic E-state index is -3.19. The second-order valence-electron chi connectivity index (χ2n) is 5.65. The summed E-state index contributed by atoms with van der Waals surface area (Å²) < 4.78 is 44.4. The largest absolute Gasteiger partial charge is 0.376 e. The first kappa shape index (κ1) is 15.6. The van der Waals surface area contributed by atoms with Crippen molar-refractivity contribution >= 4 is 16.0 Å². The van der Waals surface area contributed by atoms with Gasteiger partial charge in [-0.2, -0.15) is 0 Å². The molecule has 0 aromatic carbocycles. The molecule has 0 saturated carbocycles. The SMILES string of the molecule is CCS(=O)(=O)NC[C@H]1CO[C@@H]2CN(c3ncc(F)cn3)C[C@H]12. The van der Waals surface area contributed by atoms with Gasteiger partial charge in [0, 0.05) is 31.5 Å². The van der Waals surface area contributed by atoms with Gasteiger partial charge in [0.05, 0.1) is 30.9 Å². The monoisotopic (exact) mass is 330 g/mol. The lowest BCUT2D eigenvalue weighted by Gasteiger charge is -2.19. The fourth-order valence-electron chi connectivity index (χ4n) is 2.98. The summed E-state index contributed by atoms with van der Waals surface area (Å²) in [6.07, 6.45) is 2.33. The van der Waals surface area contributed by atoms with Gasteiger partial charge >= 0.3 is 0 Å². The lowest BCUT2D eigenvalue weighted by Crippen LogP contribution is -2.35. The third kappa shape index (κ3) is 3.21. The summed E-state index contributed by atoms with van der Waals surface area (Å²) in [6, 6.07) is 0. The summed E-state index contributed by atoms with van der Waals surface area (Å²) in [5.41, 5.74) is 0. The fourth-order valence-corrected chi connectivity index (χ4v) is 3.65. The molecule has 3 heterocycles. The number of nitrogens with zero attached hydrogens (tertiary/aromatic N) is 3. The van der Waals surface area contributed by atoms with Crippen LogP contribution in [-0.2, 0) is 14.8 Å². The first-order valence-electron chi connectivity index (χ1n) is 7.30. The molecule has 3 rings (SSSR count). The highest BCUT2D eigenvalue weighted by Crippen LogP contribution is 2.34. The van der Waals surface area contributed by atoms with Crippen molar-refractivity contribution in [3.8, 4) is 0 Å². The van der Waals surface area contributed by atoms with E-state index in [0.717, 1.165) is 12.4 Å². The molecule has 2 saturated heterocycles. The smallest absolute Gasteiger partial charge is 0.225 e. The van der Waals surface area contributed by atoms with Crippen molar-refractivity contribution in [2.24, 2.45) is 11.8 Å². The molecule has 0 aliphatic carbocycles. The lowest BCUT2D eigenvalue weighted by molar-refractivity contribution is 0.111. The van der Waals surface area contributed by atoms with Crippen LogP contribution in [0.4, 0.5) is 10.3 Å². The molecule has 2 aliphatic rings. The molecular formula is C13H19FN4O3S. The van der Waals surface area contributed by atoms with E-state index < -0.39 is 15.8 Å². The Balaban J connectivity index is 1.62. The van der Waals surface area contributed by atoms with Gasteiger partial charge in [-0.25, -0.2) is 27.5 Å². The number of hydrogen-bond donors (Lipinski definition) is 1. The average Bonchev–Trinajstić information content (AvgIpc) is 3.07. The molecule has 1 N–H and O–H groups in total. The predicted octanol–water partition coefficient (Wildman–Crippen LogP) is 0.00620. The Morgan fingerprint density at radius 3 is 2.82 bits per heavy atom. The quantitative estimate of drug-likeness (QED) is 0.818. The van der Waals surface area contributed by atoms with Gasteiger partial charge in [0.1, 0.15) is 0 Å². The molecule has 9 heteroatoms. The Morgan fingerprint density at radius 2 is 2.14 bits per heavy atom. The van der Waals surface area contributed by atoms with Crippen molar-refractivity contribution in [3.63, 3.8) is 0 Å². The molecule has 0 bridgehead atoms. The number of ether oxygens (including phenoxy) is 1. The Hall–Kier alpha value is -1.32. The molecular weight excluding hydrogens is 311 g/mol. The molecule has 1 aromatic rings. The van der Waals surface area contributed by atoms with Crippen molar-refractivity contribution in [2.45, 2.75) is 13.0 Å². The van der Waals surface area contributed by atoms with E-state index in [1.165, 1.54) is 0 Å². The Bertz CT molecular complexity index is 625. The number of anilines is 1. The van der Waals surface area contributed by atoms with E-state index in [1.807, 2.05) is 4.90 Å². The number of hydrogen-bond acceptors (Lipinski definition) is 6. The number of halogens is 1. The molecule has 2 aliphatic heterocycles. The van der Waals surface area contributed by atoms with Gasteiger partial charge in [0.15, 0.2) is 5.82 Å². The molecule has 3 atom stereocenters. The van der Waals surface area contributed by atoms with E-state index in [2.05, 4.69) is 14.7 Å². The van der Waals surface area contributed by atoms with E-state index in [9.17, 15) is 12.8 Å². The molecule has 7 nitrogen and oxygen atoms in total. The molecule has 2 fully saturated rings. The van der Waals surface area contributed by atoms with Crippen molar-refractivity contribution < 1.29 is 17.5 Å². The molecule has 1 aromatic heterocycles. The van der Waals surface area contributed by atoms with Gasteiger partial charge in [-0.15, -0.1) is 0 Å². The van der Waals surface area contributed by atoms with Crippen LogP contribution in [0.3, 0.4) is 0 Å². The number of rotatable bonds is 5. The van der Waals surface area contributed by atoms with Gasteiger partial charge < -0.3 is 9.64 Å². The first-order chi connectivity index (χ1) is 10.5. The Kier molecular flexibility index (Phi) is 4.28. The molecule has 122 valence electrons. The summed E-state index contributed by atoms with van der Waals surface area (Å²) in [5, 5.41) is 0. The highest BCUT2D eigenvalue weighted by molar-refractivity contribution is 7.89. The van der Waals surface area contributed by atoms with Crippen molar-refractivity contribution in [3.05, 3.63) is 18.2 Å². The average molecular weight is 330 g/mol. The zero-order chi connectivity index (χ0) is 15.7. The number of aromatic nitrogens is 2. The van der Waals surface area contributed by atoms with Crippen LogP contribution in [0.1, 0.15) is 6.92 Å². The molecule has 0 unspecified atom stereocenters. The predicted molar refractivity (Wildman–Crippen MR) is 78.4 cm³/mol. The molecule has 22 heavy (non-hydrogen) atoms. The summed E-state index contributed by atoms with van der Waals surface area (Å²) in [4.78, 5) is 9.92. The van der Waals surface area contributed by atoms with Crippen LogP contribution < -0.4 is 9.62 Å². The summed E-state index contributed by atoms with van der Waals surface area (Å²) >= 11 is 0. The van der Waals surface area contributed by atoms with Crippen LogP contribution in [0.2, 0.25) is 0 Å². The van der Waals surface area contributed by atoms with Crippen LogP contribution in [0.5, 0.6) is 0 Å². The maximum Gasteiger partial charge on any atom is 0.225 e. The van der Waals surface area contributed by atoms with Crippen molar-refractivity contribution in [2.75, 3.05) is 36.9 Å². The second-order valence-corrected chi connectivity index (χ2v) is 7.75. The van der Waals surface area contributed by atoms with Crippen molar-refractivity contribution in [1.82, 2.24) is 14.7 Å². The fraction of sp³-hybridized carbons (Fsp3) is 0.692. The third-order valence-electron chi connectivity index (χ3n) is 4.27. The number of fused-ring (bicyclic) bond motifs is 1.